The van der Waals surface area contributed by atoms with Gasteiger partial charge in [0.05, 0.1) is 17.1 Å². The van der Waals surface area contributed by atoms with E-state index in [0.29, 0.717) is 5.82 Å². The van der Waals surface area contributed by atoms with E-state index in [1.165, 1.54) is 0 Å². The molecule has 0 saturated carbocycles. The highest BCUT2D eigenvalue weighted by molar-refractivity contribution is 5.76. The van der Waals surface area contributed by atoms with Crippen molar-refractivity contribution in [3.63, 3.8) is 0 Å². The molecule has 122 valence electrons. The summed E-state index contributed by atoms with van der Waals surface area (Å²) in [5, 5.41) is 11.8. The van der Waals surface area contributed by atoms with Gasteiger partial charge < -0.3 is 15.0 Å². The predicted octanol–water partition coefficient (Wildman–Crippen LogP) is 3.19. The monoisotopic (exact) mass is 315 g/mol. The molecule has 1 aromatic heterocycles. The molecule has 2 N–H and O–H groups in total. The summed E-state index contributed by atoms with van der Waals surface area (Å²) in [5.41, 5.74) is 1.74. The van der Waals surface area contributed by atoms with Gasteiger partial charge in [0.25, 0.3) is 0 Å². The van der Waals surface area contributed by atoms with Crippen LogP contribution >= 0.6 is 0 Å². The van der Waals surface area contributed by atoms with Crippen molar-refractivity contribution in [2.75, 3.05) is 6.54 Å². The molecule has 1 heterocycles. The number of aliphatic hydroxyl groups excluding tert-OH is 1. The van der Waals surface area contributed by atoms with E-state index >= 15 is 0 Å². The van der Waals surface area contributed by atoms with Crippen LogP contribution in [0.1, 0.15) is 38.7 Å². The number of nitrogens with zero attached hydrogens (tertiary/aromatic N) is 2. The first-order valence-electron chi connectivity index (χ1n) is 7.16. The van der Waals surface area contributed by atoms with Crippen LogP contribution in [0.2, 0.25) is 0 Å². The Bertz CT molecular complexity index is 636. The molecule has 1 aromatic carbocycles. The quantitative estimate of drug-likeness (QED) is 0.891. The van der Waals surface area contributed by atoms with Crippen molar-refractivity contribution < 1.29 is 18.3 Å². The number of hydrogen-bond acceptors (Lipinski definition) is 3. The number of alkyl halides is 3. The Hall–Kier alpha value is -1.60. The van der Waals surface area contributed by atoms with Crippen LogP contribution in [0.15, 0.2) is 24.3 Å². The largest absolute Gasteiger partial charge is 0.415 e. The number of nitrogens with one attached hydrogen (secondary N) is 1. The van der Waals surface area contributed by atoms with Crippen LogP contribution < -0.4 is 5.32 Å². The first kappa shape index (κ1) is 16.8. The van der Waals surface area contributed by atoms with Crippen LogP contribution in [0.25, 0.3) is 11.0 Å². The Morgan fingerprint density at radius 3 is 2.45 bits per heavy atom. The molecular formula is C15H20F3N3O. The van der Waals surface area contributed by atoms with Gasteiger partial charge in [-0.15, -0.1) is 0 Å². The molecule has 0 aliphatic heterocycles. The summed E-state index contributed by atoms with van der Waals surface area (Å²) < 4.78 is 39.1. The van der Waals surface area contributed by atoms with Crippen LogP contribution in [0.5, 0.6) is 0 Å². The van der Waals surface area contributed by atoms with Crippen molar-refractivity contribution in [2.24, 2.45) is 0 Å². The zero-order valence-corrected chi connectivity index (χ0v) is 12.7. The Labute approximate surface area is 127 Å². The number of hydrogen-bond donors (Lipinski definition) is 2. The molecular weight excluding hydrogens is 295 g/mol. The molecule has 0 fully saturated rings. The minimum atomic E-state index is -4.62. The molecule has 2 aromatic rings. The van der Waals surface area contributed by atoms with Gasteiger partial charge in [-0.3, -0.25) is 0 Å². The van der Waals surface area contributed by atoms with Crippen LogP contribution in [0.3, 0.4) is 0 Å². The fourth-order valence-corrected chi connectivity index (χ4v) is 2.41. The molecule has 2 rings (SSSR count). The summed E-state index contributed by atoms with van der Waals surface area (Å²) in [5.74, 6) is 0.658. The van der Waals surface area contributed by atoms with E-state index in [2.05, 4.69) is 10.3 Å². The Kier molecular flexibility index (Phi) is 4.77. The number of aliphatic hydroxyl groups is 1. The Morgan fingerprint density at radius 1 is 1.23 bits per heavy atom. The molecule has 0 amide bonds. The van der Waals surface area contributed by atoms with Crippen molar-refractivity contribution in [3.8, 4) is 0 Å². The lowest BCUT2D eigenvalue weighted by Crippen LogP contribution is -2.39. The smallest absolute Gasteiger partial charge is 0.382 e. The third-order valence-electron chi connectivity index (χ3n) is 3.52. The maximum atomic E-state index is 12.4. The molecule has 0 bridgehead atoms. The van der Waals surface area contributed by atoms with Gasteiger partial charge in [-0.2, -0.15) is 13.2 Å². The molecule has 0 aliphatic rings. The van der Waals surface area contributed by atoms with Gasteiger partial charge in [0, 0.05) is 12.6 Å². The van der Waals surface area contributed by atoms with E-state index < -0.39 is 24.9 Å². The highest BCUT2D eigenvalue weighted by Crippen LogP contribution is 2.25. The summed E-state index contributed by atoms with van der Waals surface area (Å²) in [7, 11) is 0. The SMILES string of the molecule is CC(C)n1c([C@H](C)NC[C@@H](O)C(F)(F)F)nc2ccccc21. The minimum absolute atomic E-state index is 0.124. The van der Waals surface area contributed by atoms with Gasteiger partial charge in [0.15, 0.2) is 6.10 Å². The van der Waals surface area contributed by atoms with E-state index in [1.807, 2.05) is 42.7 Å². The first-order chi connectivity index (χ1) is 10.2. The third kappa shape index (κ3) is 3.41. The minimum Gasteiger partial charge on any atom is -0.382 e. The topological polar surface area (TPSA) is 50.1 Å². The lowest BCUT2D eigenvalue weighted by molar-refractivity contribution is -0.202. The number of imidazole rings is 1. The van der Waals surface area contributed by atoms with Crippen LogP contribution in [-0.4, -0.2) is 33.5 Å². The highest BCUT2D eigenvalue weighted by atomic mass is 19.4. The fourth-order valence-electron chi connectivity index (χ4n) is 2.41. The highest BCUT2D eigenvalue weighted by Gasteiger charge is 2.38. The maximum Gasteiger partial charge on any atom is 0.415 e. The molecule has 4 nitrogen and oxygen atoms in total. The number of benzene rings is 1. The van der Waals surface area contributed by atoms with Gasteiger partial charge >= 0.3 is 6.18 Å². The standard InChI is InChI=1S/C15H20F3N3O/c1-9(2)21-12-7-5-4-6-11(12)20-14(21)10(3)19-8-13(22)15(16,17)18/h4-7,9-10,13,19,22H,8H2,1-3H3/t10-,13+/m0/s1. The normalized spacial score (nSPS) is 15.5. The number of fused-ring (bicyclic) bond motifs is 1. The average Bonchev–Trinajstić information content (AvgIpc) is 2.82. The Balaban J connectivity index is 2.24. The summed E-state index contributed by atoms with van der Waals surface area (Å²) in [6, 6.07) is 7.29. The predicted molar refractivity (Wildman–Crippen MR) is 78.6 cm³/mol. The van der Waals surface area contributed by atoms with Crippen molar-refractivity contribution in [3.05, 3.63) is 30.1 Å². The van der Waals surface area contributed by atoms with Crippen LogP contribution in [0, 0.1) is 0 Å². The molecule has 0 saturated heterocycles. The fraction of sp³-hybridized carbons (Fsp3) is 0.533. The number of para-hydroxylation sites is 2. The second-order valence-corrected chi connectivity index (χ2v) is 5.61. The van der Waals surface area contributed by atoms with E-state index in [4.69, 9.17) is 5.11 Å². The first-order valence-corrected chi connectivity index (χ1v) is 7.16. The van der Waals surface area contributed by atoms with Crippen LogP contribution in [-0.2, 0) is 0 Å². The van der Waals surface area contributed by atoms with E-state index in [9.17, 15) is 13.2 Å². The summed E-state index contributed by atoms with van der Waals surface area (Å²) >= 11 is 0. The van der Waals surface area contributed by atoms with Gasteiger partial charge in [-0.1, -0.05) is 12.1 Å². The number of aromatic nitrogens is 2. The number of rotatable bonds is 5. The van der Waals surface area contributed by atoms with Gasteiger partial charge in [-0.05, 0) is 32.9 Å². The molecule has 7 heteroatoms. The Morgan fingerprint density at radius 2 is 1.86 bits per heavy atom. The zero-order chi connectivity index (χ0) is 16.5. The molecule has 0 spiro atoms. The second kappa shape index (κ2) is 6.26. The summed E-state index contributed by atoms with van der Waals surface area (Å²) in [6.07, 6.45) is -7.00. The van der Waals surface area contributed by atoms with E-state index in [1.54, 1.807) is 6.92 Å². The summed E-state index contributed by atoms with van der Waals surface area (Å²) in [4.78, 5) is 4.51. The number of halogens is 3. The van der Waals surface area contributed by atoms with Crippen molar-refractivity contribution in [1.82, 2.24) is 14.9 Å². The van der Waals surface area contributed by atoms with Crippen molar-refractivity contribution >= 4 is 11.0 Å². The van der Waals surface area contributed by atoms with E-state index in [0.717, 1.165) is 11.0 Å². The van der Waals surface area contributed by atoms with Gasteiger partial charge in [0.1, 0.15) is 5.82 Å². The van der Waals surface area contributed by atoms with Gasteiger partial charge in [0.2, 0.25) is 0 Å². The third-order valence-corrected chi connectivity index (χ3v) is 3.52. The van der Waals surface area contributed by atoms with Crippen molar-refractivity contribution in [1.29, 1.82) is 0 Å². The van der Waals surface area contributed by atoms with Crippen LogP contribution in [0.4, 0.5) is 13.2 Å². The second-order valence-electron chi connectivity index (χ2n) is 5.61. The van der Waals surface area contributed by atoms with Gasteiger partial charge in [-0.25, -0.2) is 4.98 Å². The van der Waals surface area contributed by atoms with E-state index in [-0.39, 0.29) is 6.04 Å². The lowest BCUT2D eigenvalue weighted by Gasteiger charge is -2.21. The molecule has 0 aliphatic carbocycles. The molecule has 2 atom stereocenters. The maximum absolute atomic E-state index is 12.4. The zero-order valence-electron chi connectivity index (χ0n) is 12.7. The van der Waals surface area contributed by atoms with Crippen molar-refractivity contribution in [2.45, 2.75) is 45.1 Å². The molecule has 0 radical (unpaired) electrons. The molecule has 22 heavy (non-hydrogen) atoms. The lowest BCUT2D eigenvalue weighted by atomic mass is 10.2. The molecule has 0 unspecified atom stereocenters. The summed E-state index contributed by atoms with van der Waals surface area (Å²) in [6.45, 7) is 5.17. The average molecular weight is 315 g/mol.